The van der Waals surface area contributed by atoms with E-state index in [1.165, 1.54) is 12.1 Å². The molecule has 0 unspecified atom stereocenters. The number of aromatic nitrogens is 2. The molecule has 19 heavy (non-hydrogen) atoms. The van der Waals surface area contributed by atoms with E-state index in [0.717, 1.165) is 40.9 Å². The number of piperazine rings is 1. The van der Waals surface area contributed by atoms with Crippen LogP contribution in [0, 0.1) is 5.82 Å². The molecule has 7 heteroatoms. The summed E-state index contributed by atoms with van der Waals surface area (Å²) in [5.74, 6) is -0.193. The number of rotatable bonds is 2. The van der Waals surface area contributed by atoms with Gasteiger partial charge in [0.15, 0.2) is 3.92 Å². The molecular weight excluding hydrogens is 331 g/mol. The zero-order valence-corrected chi connectivity index (χ0v) is 12.5. The van der Waals surface area contributed by atoms with Crippen LogP contribution in [-0.4, -0.2) is 36.4 Å². The maximum atomic E-state index is 12.9. The molecule has 1 saturated heterocycles. The Morgan fingerprint density at radius 3 is 2.21 bits per heavy atom. The Labute approximate surface area is 123 Å². The van der Waals surface area contributed by atoms with E-state index < -0.39 is 0 Å². The van der Waals surface area contributed by atoms with Crippen molar-refractivity contribution in [2.75, 3.05) is 36.0 Å². The van der Waals surface area contributed by atoms with Crippen LogP contribution in [-0.2, 0) is 0 Å². The molecule has 0 radical (unpaired) electrons. The Morgan fingerprint density at radius 1 is 1.00 bits per heavy atom. The molecule has 0 atom stereocenters. The highest BCUT2D eigenvalue weighted by Crippen LogP contribution is 2.26. The molecule has 3 rings (SSSR count). The van der Waals surface area contributed by atoms with E-state index in [9.17, 15) is 4.39 Å². The molecule has 0 amide bonds. The Bertz CT molecular complexity index is 551. The van der Waals surface area contributed by atoms with Gasteiger partial charge in [0.25, 0.3) is 0 Å². The van der Waals surface area contributed by atoms with Crippen LogP contribution in [0.15, 0.2) is 28.2 Å². The van der Waals surface area contributed by atoms with Gasteiger partial charge in [0.1, 0.15) is 5.82 Å². The van der Waals surface area contributed by atoms with Gasteiger partial charge < -0.3 is 9.80 Å². The predicted octanol–water partition coefficient (Wildman–Crippen LogP) is 2.77. The van der Waals surface area contributed by atoms with Gasteiger partial charge in [0, 0.05) is 31.9 Å². The quantitative estimate of drug-likeness (QED) is 0.839. The Balaban J connectivity index is 1.64. The van der Waals surface area contributed by atoms with Gasteiger partial charge in [-0.1, -0.05) is 11.3 Å². The lowest BCUT2D eigenvalue weighted by Crippen LogP contribution is -2.46. The molecule has 1 fully saturated rings. The summed E-state index contributed by atoms with van der Waals surface area (Å²) in [4.78, 5) is 4.48. The Morgan fingerprint density at radius 2 is 1.63 bits per heavy atom. The highest BCUT2D eigenvalue weighted by atomic mass is 79.9. The number of hydrogen-bond acceptors (Lipinski definition) is 5. The van der Waals surface area contributed by atoms with Gasteiger partial charge >= 0.3 is 0 Å². The first-order chi connectivity index (χ1) is 9.22. The summed E-state index contributed by atoms with van der Waals surface area (Å²) < 4.78 is 13.7. The third-order valence-corrected chi connectivity index (χ3v) is 4.55. The maximum Gasteiger partial charge on any atom is 0.209 e. The first-order valence-corrected chi connectivity index (χ1v) is 7.58. The van der Waals surface area contributed by atoms with Crippen LogP contribution < -0.4 is 9.80 Å². The van der Waals surface area contributed by atoms with Crippen molar-refractivity contribution < 1.29 is 4.39 Å². The minimum absolute atomic E-state index is 0.193. The molecule has 0 aliphatic carbocycles. The minimum Gasteiger partial charge on any atom is -0.368 e. The lowest BCUT2D eigenvalue weighted by Gasteiger charge is -2.35. The molecule has 0 bridgehead atoms. The molecule has 100 valence electrons. The smallest absolute Gasteiger partial charge is 0.209 e. The van der Waals surface area contributed by atoms with Crippen molar-refractivity contribution in [3.05, 3.63) is 34.0 Å². The Hall–Kier alpha value is -1.21. The van der Waals surface area contributed by atoms with Gasteiger partial charge in [-0.05, 0) is 40.2 Å². The van der Waals surface area contributed by atoms with Crippen LogP contribution in [0.4, 0.5) is 15.2 Å². The number of hydrogen-bond donors (Lipinski definition) is 0. The number of anilines is 2. The van der Waals surface area contributed by atoms with Crippen LogP contribution in [0.3, 0.4) is 0 Å². The van der Waals surface area contributed by atoms with Crippen molar-refractivity contribution in [3.63, 3.8) is 0 Å². The summed E-state index contributed by atoms with van der Waals surface area (Å²) in [6.07, 6.45) is 0. The van der Waals surface area contributed by atoms with Crippen LogP contribution in [0.25, 0.3) is 0 Å². The van der Waals surface area contributed by atoms with E-state index >= 15 is 0 Å². The van der Waals surface area contributed by atoms with Crippen LogP contribution in [0.2, 0.25) is 0 Å². The number of halogens is 2. The molecule has 4 nitrogen and oxygen atoms in total. The first kappa shape index (κ1) is 12.8. The standard InChI is InChI=1S/C12H12BrFN4S/c13-11-15-16-12(19-11)18-7-5-17(6-8-18)10-3-1-9(14)2-4-10/h1-4H,5-8H2. The van der Waals surface area contributed by atoms with Crippen LogP contribution in [0.1, 0.15) is 0 Å². The van der Waals surface area contributed by atoms with Crippen molar-refractivity contribution in [3.8, 4) is 0 Å². The molecule has 2 aromatic rings. The van der Waals surface area contributed by atoms with Crippen molar-refractivity contribution in [1.29, 1.82) is 0 Å². The van der Waals surface area contributed by atoms with Gasteiger partial charge in [0.05, 0.1) is 0 Å². The number of benzene rings is 1. The second-order valence-electron chi connectivity index (χ2n) is 4.29. The van der Waals surface area contributed by atoms with Gasteiger partial charge in [0.2, 0.25) is 5.13 Å². The molecule has 2 heterocycles. The average Bonchev–Trinajstić information content (AvgIpc) is 2.87. The molecule has 1 aliphatic rings. The van der Waals surface area contributed by atoms with E-state index in [1.807, 2.05) is 12.1 Å². The van der Waals surface area contributed by atoms with E-state index in [2.05, 4.69) is 35.9 Å². The van der Waals surface area contributed by atoms with E-state index in [-0.39, 0.29) is 5.82 Å². The molecule has 1 aromatic carbocycles. The van der Waals surface area contributed by atoms with Crippen LogP contribution >= 0.6 is 27.3 Å². The summed E-state index contributed by atoms with van der Waals surface area (Å²) in [7, 11) is 0. The van der Waals surface area contributed by atoms with E-state index in [0.29, 0.717) is 0 Å². The first-order valence-electron chi connectivity index (χ1n) is 5.97. The maximum absolute atomic E-state index is 12.9. The molecule has 1 aromatic heterocycles. The largest absolute Gasteiger partial charge is 0.368 e. The van der Waals surface area contributed by atoms with Crippen molar-refractivity contribution >= 4 is 38.1 Å². The summed E-state index contributed by atoms with van der Waals surface area (Å²) in [5.41, 5.74) is 1.07. The number of nitrogens with zero attached hydrogens (tertiary/aromatic N) is 4. The minimum atomic E-state index is -0.193. The van der Waals surface area contributed by atoms with Crippen molar-refractivity contribution in [2.24, 2.45) is 0 Å². The third kappa shape index (κ3) is 2.87. The second-order valence-corrected chi connectivity index (χ2v) is 6.52. The van der Waals surface area contributed by atoms with E-state index in [1.54, 1.807) is 11.3 Å². The zero-order chi connectivity index (χ0) is 13.2. The molecule has 0 N–H and O–H groups in total. The van der Waals surface area contributed by atoms with Gasteiger partial charge in [-0.3, -0.25) is 0 Å². The summed E-state index contributed by atoms with van der Waals surface area (Å²) in [6, 6.07) is 6.66. The topological polar surface area (TPSA) is 32.3 Å². The molecule has 1 aliphatic heterocycles. The lowest BCUT2D eigenvalue weighted by atomic mass is 10.2. The summed E-state index contributed by atoms with van der Waals surface area (Å²) in [6.45, 7) is 3.61. The lowest BCUT2D eigenvalue weighted by molar-refractivity contribution is 0.624. The molecule has 0 saturated carbocycles. The fourth-order valence-electron chi connectivity index (χ4n) is 2.13. The van der Waals surface area contributed by atoms with Gasteiger partial charge in [-0.2, -0.15) is 0 Å². The predicted molar refractivity (Wildman–Crippen MR) is 78.4 cm³/mol. The fourth-order valence-corrected chi connectivity index (χ4v) is 3.27. The SMILES string of the molecule is Fc1ccc(N2CCN(c3nnc(Br)s3)CC2)cc1. The van der Waals surface area contributed by atoms with Crippen molar-refractivity contribution in [2.45, 2.75) is 0 Å². The molecular formula is C12H12BrFN4S. The fraction of sp³-hybridized carbons (Fsp3) is 0.333. The summed E-state index contributed by atoms with van der Waals surface area (Å²) in [5, 5.41) is 9.04. The van der Waals surface area contributed by atoms with E-state index in [4.69, 9.17) is 0 Å². The second kappa shape index (κ2) is 5.42. The molecule has 0 spiro atoms. The average molecular weight is 343 g/mol. The highest BCUT2D eigenvalue weighted by Gasteiger charge is 2.20. The monoisotopic (exact) mass is 342 g/mol. The highest BCUT2D eigenvalue weighted by molar-refractivity contribution is 9.11. The Kier molecular flexibility index (Phi) is 3.65. The van der Waals surface area contributed by atoms with Crippen LogP contribution in [0.5, 0.6) is 0 Å². The summed E-state index contributed by atoms with van der Waals surface area (Å²) >= 11 is 4.87. The zero-order valence-electron chi connectivity index (χ0n) is 10.1. The van der Waals surface area contributed by atoms with Gasteiger partial charge in [-0.15, -0.1) is 10.2 Å². The third-order valence-electron chi connectivity index (χ3n) is 3.13. The van der Waals surface area contributed by atoms with Crippen molar-refractivity contribution in [1.82, 2.24) is 10.2 Å². The normalized spacial score (nSPS) is 15.9. The van der Waals surface area contributed by atoms with Gasteiger partial charge in [-0.25, -0.2) is 4.39 Å².